The van der Waals surface area contributed by atoms with Crippen molar-refractivity contribution in [3.8, 4) is 0 Å². The van der Waals surface area contributed by atoms with Crippen molar-refractivity contribution in [1.29, 1.82) is 0 Å². The van der Waals surface area contributed by atoms with Crippen molar-refractivity contribution in [2.45, 2.75) is 26.2 Å². The van der Waals surface area contributed by atoms with Crippen LogP contribution in [0.5, 0.6) is 0 Å². The van der Waals surface area contributed by atoms with Crippen molar-refractivity contribution in [3.63, 3.8) is 0 Å². The molecule has 1 aliphatic rings. The summed E-state index contributed by atoms with van der Waals surface area (Å²) in [4.78, 5) is 19.7. The first-order chi connectivity index (χ1) is 10.5. The van der Waals surface area contributed by atoms with Gasteiger partial charge in [0.15, 0.2) is 0 Å². The lowest BCUT2D eigenvalue weighted by Gasteiger charge is -2.26. The van der Waals surface area contributed by atoms with E-state index in [1.807, 2.05) is 36.8 Å². The number of rotatable bonds is 2. The Labute approximate surface area is 130 Å². The average Bonchev–Trinajstić information content (AvgIpc) is 3.09. The summed E-state index contributed by atoms with van der Waals surface area (Å²) in [6.07, 6.45) is 10.7. The normalized spacial score (nSPS) is 15.0. The molecular weight excluding hydrogens is 280 g/mol. The maximum absolute atomic E-state index is 11.7. The number of imidazole rings is 2. The number of aryl methyl sites for hydroxylation is 3. The van der Waals surface area contributed by atoms with E-state index in [1.54, 1.807) is 23.4 Å². The zero-order valence-electron chi connectivity index (χ0n) is 13.5. The molecule has 1 aliphatic heterocycles. The molecule has 3 heterocycles. The third-order valence-electron chi connectivity index (χ3n) is 3.39. The standard InChI is InChI=1S/C10H16N4O.C5H8N2/c1-13-7-9(11-8-13)10(15)12-14-5-3-2-4-6-14;1-5-3-7(2)4-6-5/h7-8H,2-6H2,1H3,(H,12,15);3-4H,1-2H3. The number of hydrazine groups is 1. The summed E-state index contributed by atoms with van der Waals surface area (Å²) < 4.78 is 3.69. The fourth-order valence-electron chi connectivity index (χ4n) is 2.28. The highest BCUT2D eigenvalue weighted by Gasteiger charge is 2.15. The van der Waals surface area contributed by atoms with Gasteiger partial charge in [-0.15, -0.1) is 0 Å². The minimum Gasteiger partial charge on any atom is -0.340 e. The largest absolute Gasteiger partial charge is 0.340 e. The highest BCUT2D eigenvalue weighted by atomic mass is 16.2. The number of carbonyl (C=O) groups is 1. The van der Waals surface area contributed by atoms with E-state index in [0.29, 0.717) is 5.69 Å². The Morgan fingerprint density at radius 2 is 1.68 bits per heavy atom. The molecular formula is C15H24N6O. The molecule has 0 saturated carbocycles. The molecule has 2 aromatic rings. The lowest BCUT2D eigenvalue weighted by molar-refractivity contribution is 0.0745. The number of hydrogen-bond acceptors (Lipinski definition) is 4. The van der Waals surface area contributed by atoms with Crippen LogP contribution in [0.1, 0.15) is 35.4 Å². The summed E-state index contributed by atoms with van der Waals surface area (Å²) in [7, 11) is 3.81. The van der Waals surface area contributed by atoms with Crippen LogP contribution in [-0.2, 0) is 14.1 Å². The minimum atomic E-state index is -0.113. The van der Waals surface area contributed by atoms with Crippen LogP contribution in [0.4, 0.5) is 0 Å². The van der Waals surface area contributed by atoms with Crippen molar-refractivity contribution < 1.29 is 4.79 Å². The van der Waals surface area contributed by atoms with Crippen LogP contribution in [0.15, 0.2) is 25.0 Å². The van der Waals surface area contributed by atoms with E-state index in [-0.39, 0.29) is 5.91 Å². The number of hydrogen-bond donors (Lipinski definition) is 1. The van der Waals surface area contributed by atoms with Gasteiger partial charge in [-0.3, -0.25) is 10.2 Å². The minimum absolute atomic E-state index is 0.113. The molecule has 120 valence electrons. The molecule has 0 aromatic carbocycles. The second kappa shape index (κ2) is 7.74. The Morgan fingerprint density at radius 1 is 1.05 bits per heavy atom. The van der Waals surface area contributed by atoms with E-state index < -0.39 is 0 Å². The van der Waals surface area contributed by atoms with Gasteiger partial charge in [0.2, 0.25) is 0 Å². The van der Waals surface area contributed by atoms with Gasteiger partial charge in [-0.25, -0.2) is 15.0 Å². The van der Waals surface area contributed by atoms with Gasteiger partial charge in [-0.2, -0.15) is 0 Å². The maximum atomic E-state index is 11.7. The van der Waals surface area contributed by atoms with Crippen LogP contribution in [-0.4, -0.2) is 43.1 Å². The fourth-order valence-corrected chi connectivity index (χ4v) is 2.28. The van der Waals surface area contributed by atoms with E-state index in [9.17, 15) is 4.79 Å². The van der Waals surface area contributed by atoms with Crippen LogP contribution in [0.2, 0.25) is 0 Å². The lowest BCUT2D eigenvalue weighted by atomic mass is 10.2. The SMILES string of the molecule is Cc1cn(C)cn1.Cn1cnc(C(=O)NN2CCCCC2)c1. The Morgan fingerprint density at radius 3 is 2.14 bits per heavy atom. The predicted molar refractivity (Wildman–Crippen MR) is 84.0 cm³/mol. The van der Waals surface area contributed by atoms with E-state index in [0.717, 1.165) is 31.6 Å². The summed E-state index contributed by atoms with van der Waals surface area (Å²) in [6.45, 7) is 3.86. The van der Waals surface area contributed by atoms with Gasteiger partial charge in [0.05, 0.1) is 18.3 Å². The first-order valence-electron chi connectivity index (χ1n) is 7.53. The number of nitrogens with one attached hydrogen (secondary N) is 1. The second-order valence-corrected chi connectivity index (χ2v) is 5.59. The van der Waals surface area contributed by atoms with Gasteiger partial charge in [0.1, 0.15) is 5.69 Å². The second-order valence-electron chi connectivity index (χ2n) is 5.59. The van der Waals surface area contributed by atoms with Gasteiger partial charge in [0, 0.05) is 39.6 Å². The van der Waals surface area contributed by atoms with Crippen molar-refractivity contribution in [2.75, 3.05) is 13.1 Å². The van der Waals surface area contributed by atoms with E-state index in [1.165, 1.54) is 6.42 Å². The highest BCUT2D eigenvalue weighted by molar-refractivity contribution is 5.91. The number of piperidine rings is 1. The van der Waals surface area contributed by atoms with Gasteiger partial charge < -0.3 is 9.13 Å². The molecule has 7 heteroatoms. The third kappa shape index (κ3) is 5.00. The Hall–Kier alpha value is -2.15. The molecule has 1 fully saturated rings. The lowest BCUT2D eigenvalue weighted by Crippen LogP contribution is -2.45. The molecule has 2 aromatic heterocycles. The van der Waals surface area contributed by atoms with Crippen LogP contribution >= 0.6 is 0 Å². The first-order valence-corrected chi connectivity index (χ1v) is 7.53. The summed E-state index contributed by atoms with van der Waals surface area (Å²) in [5.74, 6) is -0.113. The summed E-state index contributed by atoms with van der Waals surface area (Å²) in [6, 6.07) is 0. The van der Waals surface area contributed by atoms with Crippen molar-refractivity contribution in [3.05, 3.63) is 36.4 Å². The molecule has 22 heavy (non-hydrogen) atoms. The molecule has 0 radical (unpaired) electrons. The molecule has 0 bridgehead atoms. The Balaban J connectivity index is 0.000000211. The molecule has 7 nitrogen and oxygen atoms in total. The maximum Gasteiger partial charge on any atom is 0.285 e. The van der Waals surface area contributed by atoms with Crippen LogP contribution in [0.25, 0.3) is 0 Å². The van der Waals surface area contributed by atoms with E-state index in [2.05, 4.69) is 15.4 Å². The molecule has 0 aliphatic carbocycles. The summed E-state index contributed by atoms with van der Waals surface area (Å²) in [5.41, 5.74) is 4.41. The number of aromatic nitrogens is 4. The summed E-state index contributed by atoms with van der Waals surface area (Å²) in [5, 5.41) is 1.97. The molecule has 1 N–H and O–H groups in total. The van der Waals surface area contributed by atoms with Crippen LogP contribution < -0.4 is 5.43 Å². The van der Waals surface area contributed by atoms with Gasteiger partial charge >= 0.3 is 0 Å². The quantitative estimate of drug-likeness (QED) is 0.907. The molecule has 0 atom stereocenters. The molecule has 1 saturated heterocycles. The highest BCUT2D eigenvalue weighted by Crippen LogP contribution is 2.06. The predicted octanol–water partition coefficient (Wildman–Crippen LogP) is 1.28. The smallest absolute Gasteiger partial charge is 0.285 e. The number of nitrogens with zero attached hydrogens (tertiary/aromatic N) is 5. The average molecular weight is 304 g/mol. The molecule has 0 spiro atoms. The number of carbonyl (C=O) groups excluding carboxylic acids is 1. The van der Waals surface area contributed by atoms with Crippen molar-refractivity contribution >= 4 is 5.91 Å². The topological polar surface area (TPSA) is 68.0 Å². The van der Waals surface area contributed by atoms with Crippen LogP contribution in [0, 0.1) is 6.92 Å². The fraction of sp³-hybridized carbons (Fsp3) is 0.533. The Kier molecular flexibility index (Phi) is 5.71. The first kappa shape index (κ1) is 16.2. The molecule has 0 unspecified atom stereocenters. The van der Waals surface area contributed by atoms with Gasteiger partial charge in [-0.1, -0.05) is 6.42 Å². The van der Waals surface area contributed by atoms with Crippen LogP contribution in [0.3, 0.4) is 0 Å². The summed E-state index contributed by atoms with van der Waals surface area (Å²) >= 11 is 0. The number of amides is 1. The monoisotopic (exact) mass is 304 g/mol. The Bertz CT molecular complexity index is 580. The van der Waals surface area contributed by atoms with Crippen molar-refractivity contribution in [1.82, 2.24) is 29.5 Å². The van der Waals surface area contributed by atoms with Gasteiger partial charge in [0.25, 0.3) is 5.91 Å². The van der Waals surface area contributed by atoms with E-state index in [4.69, 9.17) is 0 Å². The third-order valence-corrected chi connectivity index (χ3v) is 3.39. The molecule has 1 amide bonds. The van der Waals surface area contributed by atoms with Crippen molar-refractivity contribution in [2.24, 2.45) is 14.1 Å². The zero-order chi connectivity index (χ0) is 15.9. The van der Waals surface area contributed by atoms with Gasteiger partial charge in [-0.05, 0) is 19.8 Å². The van der Waals surface area contributed by atoms with E-state index >= 15 is 0 Å². The zero-order valence-corrected chi connectivity index (χ0v) is 13.5. The molecule has 3 rings (SSSR count).